The number of hydrogen-bond acceptors (Lipinski definition) is 6. The maximum absolute atomic E-state index is 13.0. The van der Waals surface area contributed by atoms with Crippen LogP contribution in [0, 0.1) is 0 Å². The molecule has 0 aliphatic carbocycles. The van der Waals surface area contributed by atoms with E-state index in [1.807, 2.05) is 56.3 Å². The summed E-state index contributed by atoms with van der Waals surface area (Å²) in [7, 11) is 3.47. The molecule has 0 saturated heterocycles. The van der Waals surface area contributed by atoms with Crippen LogP contribution in [0.5, 0.6) is 11.5 Å². The molecule has 0 aliphatic rings. The Balaban J connectivity index is 1.64. The number of rotatable bonds is 12. The summed E-state index contributed by atoms with van der Waals surface area (Å²) in [6.45, 7) is 2.92. The second kappa shape index (κ2) is 12.6. The second-order valence-electron chi connectivity index (χ2n) is 8.85. The molecule has 3 aromatic rings. The zero-order chi connectivity index (χ0) is 27.0. The first-order valence-corrected chi connectivity index (χ1v) is 13.5. The Morgan fingerprint density at radius 3 is 1.95 bits per heavy atom. The van der Waals surface area contributed by atoms with Gasteiger partial charge in [0.05, 0.1) is 23.2 Å². The van der Waals surface area contributed by atoms with Crippen molar-refractivity contribution < 1.29 is 22.7 Å². The van der Waals surface area contributed by atoms with Gasteiger partial charge in [-0.05, 0) is 75.1 Å². The maximum Gasteiger partial charge on any atom is 0.264 e. The molecule has 1 amide bonds. The Morgan fingerprint density at radius 1 is 0.811 bits per heavy atom. The van der Waals surface area contributed by atoms with Gasteiger partial charge in [-0.1, -0.05) is 30.3 Å². The Bertz CT molecular complexity index is 1250. The minimum Gasteiger partial charge on any atom is -0.494 e. The highest BCUT2D eigenvalue weighted by atomic mass is 32.2. The van der Waals surface area contributed by atoms with Crippen molar-refractivity contribution in [1.82, 2.24) is 9.80 Å². The van der Waals surface area contributed by atoms with Gasteiger partial charge in [-0.2, -0.15) is 0 Å². The standard InChI is InChI=1S/C28H35N3O5S/c1-6-35-24-16-18-26(19-17-24)37(33,34)31(5)23-12-14-25(15-13-23)36-21-28(32)30(4)27(20-29(2)3)22-10-8-7-9-11-22/h7-19,27H,6,20-21H2,1-5H3. The van der Waals surface area contributed by atoms with Crippen molar-refractivity contribution in [3.8, 4) is 11.5 Å². The number of benzene rings is 3. The van der Waals surface area contributed by atoms with Gasteiger partial charge in [0.25, 0.3) is 15.9 Å². The van der Waals surface area contributed by atoms with E-state index in [-0.39, 0.29) is 23.5 Å². The summed E-state index contributed by atoms with van der Waals surface area (Å²) in [5, 5.41) is 0. The molecule has 0 N–H and O–H groups in total. The van der Waals surface area contributed by atoms with Gasteiger partial charge in [0, 0.05) is 20.6 Å². The summed E-state index contributed by atoms with van der Waals surface area (Å²) in [5.41, 5.74) is 1.52. The predicted molar refractivity (Wildman–Crippen MR) is 146 cm³/mol. The van der Waals surface area contributed by atoms with Crippen LogP contribution < -0.4 is 13.8 Å². The highest BCUT2D eigenvalue weighted by Crippen LogP contribution is 2.26. The van der Waals surface area contributed by atoms with Crippen LogP contribution in [-0.2, 0) is 14.8 Å². The average Bonchev–Trinajstić information content (AvgIpc) is 2.90. The van der Waals surface area contributed by atoms with Gasteiger partial charge in [-0.25, -0.2) is 8.42 Å². The molecule has 9 heteroatoms. The van der Waals surface area contributed by atoms with Gasteiger partial charge in [0.15, 0.2) is 6.61 Å². The fraction of sp³-hybridized carbons (Fsp3) is 0.321. The molecule has 198 valence electrons. The Kier molecular flexibility index (Phi) is 9.54. The molecular formula is C28H35N3O5S. The molecule has 0 bridgehead atoms. The third-order valence-corrected chi connectivity index (χ3v) is 7.74. The van der Waals surface area contributed by atoms with Crippen LogP contribution in [0.2, 0.25) is 0 Å². The number of carbonyl (C=O) groups excluding carboxylic acids is 1. The quantitative estimate of drug-likeness (QED) is 0.355. The molecule has 3 aromatic carbocycles. The molecular weight excluding hydrogens is 490 g/mol. The molecule has 37 heavy (non-hydrogen) atoms. The van der Waals surface area contributed by atoms with Crippen LogP contribution in [0.1, 0.15) is 18.5 Å². The van der Waals surface area contributed by atoms with Gasteiger partial charge in [0.1, 0.15) is 11.5 Å². The topological polar surface area (TPSA) is 79.4 Å². The molecule has 1 atom stereocenters. The normalized spacial score (nSPS) is 12.2. The van der Waals surface area contributed by atoms with Crippen molar-refractivity contribution in [3.63, 3.8) is 0 Å². The van der Waals surface area contributed by atoms with Gasteiger partial charge >= 0.3 is 0 Å². The van der Waals surface area contributed by atoms with Crippen molar-refractivity contribution >= 4 is 21.6 Å². The highest BCUT2D eigenvalue weighted by molar-refractivity contribution is 7.92. The number of carbonyl (C=O) groups is 1. The molecule has 0 spiro atoms. The molecule has 8 nitrogen and oxygen atoms in total. The first-order valence-electron chi connectivity index (χ1n) is 12.0. The lowest BCUT2D eigenvalue weighted by Crippen LogP contribution is -2.39. The lowest BCUT2D eigenvalue weighted by Gasteiger charge is -2.31. The lowest BCUT2D eigenvalue weighted by atomic mass is 10.1. The zero-order valence-electron chi connectivity index (χ0n) is 22.0. The Hall–Kier alpha value is -3.56. The number of nitrogens with zero attached hydrogens (tertiary/aromatic N) is 3. The number of amides is 1. The largest absolute Gasteiger partial charge is 0.494 e. The van der Waals surface area contributed by atoms with Crippen LogP contribution in [0.25, 0.3) is 0 Å². The van der Waals surface area contributed by atoms with Gasteiger partial charge in [-0.15, -0.1) is 0 Å². The van der Waals surface area contributed by atoms with E-state index in [0.29, 0.717) is 30.3 Å². The summed E-state index contributed by atoms with van der Waals surface area (Å²) >= 11 is 0. The number of ether oxygens (including phenoxy) is 2. The SMILES string of the molecule is CCOc1ccc(S(=O)(=O)N(C)c2ccc(OCC(=O)N(C)C(CN(C)C)c3ccccc3)cc2)cc1. The maximum atomic E-state index is 13.0. The number of likely N-dealkylation sites (N-methyl/N-ethyl adjacent to an activating group) is 2. The summed E-state index contributed by atoms with van der Waals surface area (Å²) in [6, 6.07) is 22.7. The van der Waals surface area contributed by atoms with E-state index < -0.39 is 10.0 Å². The van der Waals surface area contributed by atoms with Crippen molar-refractivity contribution in [3.05, 3.63) is 84.4 Å². The van der Waals surface area contributed by atoms with E-state index in [4.69, 9.17) is 9.47 Å². The first kappa shape index (κ1) is 28.0. The van der Waals surface area contributed by atoms with Gasteiger partial charge in [-0.3, -0.25) is 9.10 Å². The van der Waals surface area contributed by atoms with Gasteiger partial charge in [0.2, 0.25) is 0 Å². The molecule has 0 fully saturated rings. The smallest absolute Gasteiger partial charge is 0.264 e. The zero-order valence-corrected chi connectivity index (χ0v) is 22.8. The number of hydrogen-bond donors (Lipinski definition) is 0. The van der Waals surface area contributed by atoms with E-state index in [9.17, 15) is 13.2 Å². The van der Waals surface area contributed by atoms with Crippen molar-refractivity contribution in [1.29, 1.82) is 0 Å². The van der Waals surface area contributed by atoms with Gasteiger partial charge < -0.3 is 19.3 Å². The average molecular weight is 526 g/mol. The number of sulfonamides is 1. The Morgan fingerprint density at radius 2 is 1.38 bits per heavy atom. The highest BCUT2D eigenvalue weighted by Gasteiger charge is 2.23. The summed E-state index contributed by atoms with van der Waals surface area (Å²) in [6.07, 6.45) is 0. The minimum absolute atomic E-state index is 0.115. The molecule has 0 radical (unpaired) electrons. The van der Waals surface area contributed by atoms with Crippen LogP contribution >= 0.6 is 0 Å². The minimum atomic E-state index is -3.75. The molecule has 3 rings (SSSR count). The number of anilines is 1. The lowest BCUT2D eigenvalue weighted by molar-refractivity contribution is -0.134. The third-order valence-electron chi connectivity index (χ3n) is 5.94. The van der Waals surface area contributed by atoms with E-state index in [0.717, 1.165) is 5.56 Å². The van der Waals surface area contributed by atoms with Crippen LogP contribution in [0.4, 0.5) is 5.69 Å². The fourth-order valence-corrected chi connectivity index (χ4v) is 5.01. The van der Waals surface area contributed by atoms with Crippen molar-refractivity contribution in [2.45, 2.75) is 17.9 Å². The summed E-state index contributed by atoms with van der Waals surface area (Å²) in [4.78, 5) is 16.8. The van der Waals surface area contributed by atoms with Crippen LogP contribution in [-0.4, -0.2) is 72.1 Å². The van der Waals surface area contributed by atoms with Crippen molar-refractivity contribution in [2.75, 3.05) is 52.3 Å². The molecule has 0 saturated carbocycles. The predicted octanol–water partition coefficient (Wildman–Crippen LogP) is 4.05. The van der Waals surface area contributed by atoms with E-state index in [1.54, 1.807) is 48.3 Å². The third kappa shape index (κ3) is 7.24. The van der Waals surface area contributed by atoms with E-state index >= 15 is 0 Å². The second-order valence-corrected chi connectivity index (χ2v) is 10.8. The van der Waals surface area contributed by atoms with Crippen LogP contribution in [0.3, 0.4) is 0 Å². The monoisotopic (exact) mass is 525 g/mol. The summed E-state index contributed by atoms with van der Waals surface area (Å²) in [5.74, 6) is 0.929. The first-order chi connectivity index (χ1) is 17.6. The van der Waals surface area contributed by atoms with E-state index in [2.05, 4.69) is 0 Å². The molecule has 0 aromatic heterocycles. The Labute approximate surface area is 220 Å². The fourth-order valence-electron chi connectivity index (χ4n) is 3.82. The molecule has 1 unspecified atom stereocenters. The van der Waals surface area contributed by atoms with E-state index in [1.165, 1.54) is 23.5 Å². The summed E-state index contributed by atoms with van der Waals surface area (Å²) < 4.78 is 38.4. The van der Waals surface area contributed by atoms with Crippen molar-refractivity contribution in [2.24, 2.45) is 0 Å². The molecule has 0 heterocycles. The van der Waals surface area contributed by atoms with Crippen LogP contribution in [0.15, 0.2) is 83.8 Å². The molecule has 0 aliphatic heterocycles.